The number of nitrogens with zero attached hydrogens (tertiary/aromatic N) is 3. The van der Waals surface area contributed by atoms with E-state index in [1.165, 1.54) is 11.5 Å². The maximum atomic E-state index is 14.5. The molecule has 2 aromatic heterocycles. The van der Waals surface area contributed by atoms with E-state index in [0.29, 0.717) is 15.9 Å². The van der Waals surface area contributed by atoms with Gasteiger partial charge in [-0.05, 0) is 54.5 Å². The van der Waals surface area contributed by atoms with E-state index in [2.05, 4.69) is 25.9 Å². The lowest BCUT2D eigenvalue weighted by atomic mass is 9.53. The second-order valence-electron chi connectivity index (χ2n) is 6.93. The van der Waals surface area contributed by atoms with Gasteiger partial charge in [-0.15, -0.1) is 0 Å². The Morgan fingerprint density at radius 3 is 2.54 bits per heavy atom. The van der Waals surface area contributed by atoms with E-state index >= 15 is 0 Å². The third-order valence-corrected chi connectivity index (χ3v) is 6.49. The lowest BCUT2D eigenvalue weighted by Gasteiger charge is -2.51. The van der Waals surface area contributed by atoms with Crippen LogP contribution in [0.5, 0.6) is 0 Å². The first kappa shape index (κ1) is 15.8. The molecule has 24 heavy (non-hydrogen) atoms. The molecule has 0 spiro atoms. The molecule has 0 aromatic carbocycles. The SMILES string of the molecule is COC(=O)C12CCC(c3nc(Br)c4c(N)ncc(F)n34)(CC1)CC2. The van der Waals surface area contributed by atoms with Crippen molar-refractivity contribution in [2.24, 2.45) is 5.41 Å². The fraction of sp³-hybridized carbons (Fsp3) is 0.562. The summed E-state index contributed by atoms with van der Waals surface area (Å²) in [6.07, 6.45) is 5.72. The Balaban J connectivity index is 1.81. The number of hydrogen-bond acceptors (Lipinski definition) is 5. The van der Waals surface area contributed by atoms with Crippen molar-refractivity contribution >= 4 is 33.2 Å². The standard InChI is InChI=1S/C16H18BrFN4O2/c1-24-14(23)16-5-2-15(3-6-16,4-7-16)13-21-11(17)10-12(19)20-8-9(18)22(10)13/h8H,2-7H2,1H3,(H2,19,20). The van der Waals surface area contributed by atoms with Crippen molar-refractivity contribution in [3.8, 4) is 0 Å². The Kier molecular flexibility index (Phi) is 3.39. The van der Waals surface area contributed by atoms with E-state index in [0.717, 1.165) is 44.7 Å². The van der Waals surface area contributed by atoms with E-state index in [1.54, 1.807) is 0 Å². The number of anilines is 1. The summed E-state index contributed by atoms with van der Waals surface area (Å²) in [5, 5.41) is 0. The largest absolute Gasteiger partial charge is 0.469 e. The number of esters is 1. The topological polar surface area (TPSA) is 82.5 Å². The molecule has 3 aliphatic rings. The van der Waals surface area contributed by atoms with Crippen LogP contribution in [-0.2, 0) is 14.9 Å². The summed E-state index contributed by atoms with van der Waals surface area (Å²) in [4.78, 5) is 20.6. The van der Waals surface area contributed by atoms with Crippen LogP contribution in [0.3, 0.4) is 0 Å². The Hall–Kier alpha value is -1.70. The first-order valence-electron chi connectivity index (χ1n) is 7.99. The molecule has 3 saturated carbocycles. The van der Waals surface area contributed by atoms with Crippen LogP contribution < -0.4 is 5.73 Å². The van der Waals surface area contributed by atoms with Crippen molar-refractivity contribution in [3.63, 3.8) is 0 Å². The molecule has 2 aromatic rings. The molecule has 0 radical (unpaired) electrons. The first-order valence-corrected chi connectivity index (χ1v) is 8.79. The molecule has 8 heteroatoms. The molecule has 0 aliphatic heterocycles. The van der Waals surface area contributed by atoms with Gasteiger partial charge in [-0.2, -0.15) is 4.39 Å². The van der Waals surface area contributed by atoms with Crippen molar-refractivity contribution < 1.29 is 13.9 Å². The summed E-state index contributed by atoms with van der Waals surface area (Å²) in [6.45, 7) is 0. The molecule has 0 saturated heterocycles. The minimum absolute atomic E-state index is 0.121. The van der Waals surface area contributed by atoms with Gasteiger partial charge in [0.05, 0.1) is 18.7 Å². The highest BCUT2D eigenvalue weighted by molar-refractivity contribution is 9.10. The lowest BCUT2D eigenvalue weighted by molar-refractivity contribution is -0.160. The number of carbonyl (C=O) groups is 1. The Morgan fingerprint density at radius 2 is 1.96 bits per heavy atom. The highest BCUT2D eigenvalue weighted by Gasteiger charge is 2.55. The highest BCUT2D eigenvalue weighted by atomic mass is 79.9. The molecule has 2 heterocycles. The number of hydrogen-bond donors (Lipinski definition) is 1. The van der Waals surface area contributed by atoms with Gasteiger partial charge in [-0.25, -0.2) is 9.97 Å². The minimum Gasteiger partial charge on any atom is -0.469 e. The average Bonchev–Trinajstić information content (AvgIpc) is 2.98. The molecule has 6 nitrogen and oxygen atoms in total. The van der Waals surface area contributed by atoms with Crippen LogP contribution in [0.15, 0.2) is 10.8 Å². The molecule has 2 bridgehead atoms. The average molecular weight is 397 g/mol. The van der Waals surface area contributed by atoms with E-state index < -0.39 is 5.95 Å². The summed E-state index contributed by atoms with van der Waals surface area (Å²) in [5.74, 6) is 0.324. The van der Waals surface area contributed by atoms with Crippen molar-refractivity contribution in [2.75, 3.05) is 12.8 Å². The van der Waals surface area contributed by atoms with Gasteiger partial charge in [0.1, 0.15) is 15.9 Å². The van der Waals surface area contributed by atoms with E-state index in [4.69, 9.17) is 10.5 Å². The first-order chi connectivity index (χ1) is 11.4. The molecule has 0 amide bonds. The normalized spacial score (nSPS) is 29.1. The number of imidazole rings is 1. The minimum atomic E-state index is -0.475. The Labute approximate surface area is 146 Å². The van der Waals surface area contributed by atoms with Crippen LogP contribution >= 0.6 is 15.9 Å². The Morgan fingerprint density at radius 1 is 1.33 bits per heavy atom. The van der Waals surface area contributed by atoms with Crippen LogP contribution in [0.4, 0.5) is 10.2 Å². The third kappa shape index (κ3) is 1.95. The maximum Gasteiger partial charge on any atom is 0.311 e. The van der Waals surface area contributed by atoms with Gasteiger partial charge in [0.2, 0.25) is 5.95 Å². The fourth-order valence-electron chi connectivity index (χ4n) is 4.46. The quantitative estimate of drug-likeness (QED) is 0.788. The van der Waals surface area contributed by atoms with Crippen molar-refractivity contribution in [1.82, 2.24) is 14.4 Å². The van der Waals surface area contributed by atoms with E-state index in [1.807, 2.05) is 0 Å². The second kappa shape index (κ2) is 5.15. The zero-order chi connectivity index (χ0) is 17.1. The molecule has 3 aliphatic carbocycles. The summed E-state index contributed by atoms with van der Waals surface area (Å²) >= 11 is 3.39. The van der Waals surface area contributed by atoms with Crippen molar-refractivity contribution in [2.45, 2.75) is 43.9 Å². The summed E-state index contributed by atoms with van der Waals surface area (Å²) < 4.78 is 21.5. The Bertz CT molecular complexity index is 826. The molecular weight excluding hydrogens is 379 g/mol. The van der Waals surface area contributed by atoms with Crippen LogP contribution in [0.1, 0.15) is 44.3 Å². The van der Waals surface area contributed by atoms with E-state index in [-0.39, 0.29) is 22.6 Å². The number of halogens is 2. The van der Waals surface area contributed by atoms with Crippen LogP contribution in [-0.4, -0.2) is 27.4 Å². The molecule has 5 rings (SSSR count). The number of nitrogen functional groups attached to an aromatic ring is 1. The summed E-state index contributed by atoms with van der Waals surface area (Å²) in [6, 6.07) is 0. The van der Waals surface area contributed by atoms with Gasteiger partial charge >= 0.3 is 5.97 Å². The number of fused-ring (bicyclic) bond motifs is 4. The predicted octanol–water partition coefficient (Wildman–Crippen LogP) is 2.98. The van der Waals surface area contributed by atoms with Crippen LogP contribution in [0, 0.1) is 11.4 Å². The number of ether oxygens (including phenoxy) is 1. The number of methoxy groups -OCH3 is 1. The van der Waals surface area contributed by atoms with Gasteiger partial charge in [0.25, 0.3) is 0 Å². The summed E-state index contributed by atoms with van der Waals surface area (Å²) in [5.41, 5.74) is 5.77. The molecule has 0 atom stereocenters. The summed E-state index contributed by atoms with van der Waals surface area (Å²) in [7, 11) is 1.44. The third-order valence-electron chi connectivity index (χ3n) is 5.94. The van der Waals surface area contributed by atoms with Crippen LogP contribution in [0.2, 0.25) is 0 Å². The highest BCUT2D eigenvalue weighted by Crippen LogP contribution is 2.58. The van der Waals surface area contributed by atoms with Crippen molar-refractivity contribution in [1.29, 1.82) is 0 Å². The zero-order valence-electron chi connectivity index (χ0n) is 13.3. The number of carbonyl (C=O) groups excluding carboxylic acids is 1. The van der Waals surface area contributed by atoms with E-state index in [9.17, 15) is 9.18 Å². The molecular formula is C16H18BrFN4O2. The van der Waals surface area contributed by atoms with Gasteiger partial charge < -0.3 is 10.5 Å². The molecule has 2 N–H and O–H groups in total. The monoisotopic (exact) mass is 396 g/mol. The number of aromatic nitrogens is 3. The predicted molar refractivity (Wildman–Crippen MR) is 88.9 cm³/mol. The smallest absolute Gasteiger partial charge is 0.311 e. The molecule has 3 fully saturated rings. The van der Waals surface area contributed by atoms with Crippen molar-refractivity contribution in [3.05, 3.63) is 22.6 Å². The number of nitrogens with two attached hydrogens (primary N) is 1. The fourth-order valence-corrected chi connectivity index (χ4v) is 5.01. The lowest BCUT2D eigenvalue weighted by Crippen LogP contribution is -2.49. The molecule has 0 unspecified atom stereocenters. The van der Waals surface area contributed by atoms with Gasteiger partial charge in [0, 0.05) is 5.41 Å². The maximum absolute atomic E-state index is 14.5. The molecule has 128 valence electrons. The van der Waals surface area contributed by atoms with Crippen LogP contribution in [0.25, 0.3) is 5.52 Å². The van der Waals surface area contributed by atoms with Gasteiger partial charge in [-0.3, -0.25) is 9.20 Å². The zero-order valence-corrected chi connectivity index (χ0v) is 14.9. The number of rotatable bonds is 2. The van der Waals surface area contributed by atoms with Gasteiger partial charge in [-0.1, -0.05) is 0 Å². The second-order valence-corrected chi connectivity index (χ2v) is 7.68. The van der Waals surface area contributed by atoms with Gasteiger partial charge in [0.15, 0.2) is 5.82 Å².